The standard InChI is InChI=1S/C17H21N3O4/c1-2-3-4-8-19-9-10-20(14(17(19)24)11-15(21)22)16(23)13-6-5-7-18-12-13/h2,5-7,12,14H,1,3-4,8-11H2,(H,21,22). The highest BCUT2D eigenvalue weighted by atomic mass is 16.4. The topological polar surface area (TPSA) is 90.8 Å². The van der Waals surface area contributed by atoms with E-state index in [0.29, 0.717) is 25.2 Å². The number of piperazine rings is 1. The zero-order valence-electron chi connectivity index (χ0n) is 13.4. The molecule has 1 aliphatic heterocycles. The molecule has 0 saturated carbocycles. The van der Waals surface area contributed by atoms with E-state index < -0.39 is 18.4 Å². The molecule has 1 aromatic rings. The van der Waals surface area contributed by atoms with Crippen molar-refractivity contribution in [1.29, 1.82) is 0 Å². The molecule has 1 unspecified atom stereocenters. The molecule has 1 saturated heterocycles. The largest absolute Gasteiger partial charge is 0.481 e. The maximum atomic E-state index is 12.6. The first kappa shape index (κ1) is 17.7. The summed E-state index contributed by atoms with van der Waals surface area (Å²) in [5, 5.41) is 9.12. The van der Waals surface area contributed by atoms with Crippen molar-refractivity contribution in [2.24, 2.45) is 0 Å². The van der Waals surface area contributed by atoms with Gasteiger partial charge in [-0.3, -0.25) is 19.4 Å². The maximum Gasteiger partial charge on any atom is 0.305 e. The van der Waals surface area contributed by atoms with Gasteiger partial charge >= 0.3 is 5.97 Å². The number of hydrogen-bond donors (Lipinski definition) is 1. The van der Waals surface area contributed by atoms with Gasteiger partial charge in [-0.25, -0.2) is 0 Å². The summed E-state index contributed by atoms with van der Waals surface area (Å²) in [6.07, 6.45) is 5.90. The maximum absolute atomic E-state index is 12.6. The Hall–Kier alpha value is -2.70. The highest BCUT2D eigenvalue weighted by molar-refractivity contribution is 5.99. The van der Waals surface area contributed by atoms with E-state index in [1.807, 2.05) is 0 Å². The fourth-order valence-electron chi connectivity index (χ4n) is 2.75. The zero-order valence-corrected chi connectivity index (χ0v) is 13.4. The minimum atomic E-state index is -1.11. The first-order chi connectivity index (χ1) is 11.5. The Bertz CT molecular complexity index is 618. The molecule has 0 aromatic carbocycles. The van der Waals surface area contributed by atoms with Gasteiger partial charge in [0.25, 0.3) is 5.91 Å². The van der Waals surface area contributed by atoms with Gasteiger partial charge in [0.2, 0.25) is 5.91 Å². The van der Waals surface area contributed by atoms with Crippen LogP contribution in [0.4, 0.5) is 0 Å². The monoisotopic (exact) mass is 331 g/mol. The summed E-state index contributed by atoms with van der Waals surface area (Å²) in [5.74, 6) is -1.79. The Morgan fingerprint density at radius 3 is 2.83 bits per heavy atom. The van der Waals surface area contributed by atoms with Crippen molar-refractivity contribution in [1.82, 2.24) is 14.8 Å². The minimum Gasteiger partial charge on any atom is -0.481 e. The van der Waals surface area contributed by atoms with E-state index in [4.69, 9.17) is 5.11 Å². The summed E-state index contributed by atoms with van der Waals surface area (Å²) in [6.45, 7) is 4.90. The molecule has 1 N–H and O–H groups in total. The van der Waals surface area contributed by atoms with E-state index in [1.54, 1.807) is 29.3 Å². The number of rotatable bonds is 7. The molecule has 0 aliphatic carbocycles. The van der Waals surface area contributed by atoms with E-state index in [0.717, 1.165) is 12.8 Å². The predicted octanol–water partition coefficient (Wildman–Crippen LogP) is 1.18. The minimum absolute atomic E-state index is 0.311. The van der Waals surface area contributed by atoms with Crippen molar-refractivity contribution >= 4 is 17.8 Å². The lowest BCUT2D eigenvalue weighted by Crippen LogP contribution is -2.59. The van der Waals surface area contributed by atoms with Crippen molar-refractivity contribution in [3.8, 4) is 0 Å². The van der Waals surface area contributed by atoms with Gasteiger partial charge in [0, 0.05) is 32.0 Å². The van der Waals surface area contributed by atoms with E-state index in [2.05, 4.69) is 11.6 Å². The normalized spacial score (nSPS) is 17.7. The SMILES string of the molecule is C=CCCCN1CCN(C(=O)c2cccnc2)C(CC(=O)O)C1=O. The average Bonchev–Trinajstić information content (AvgIpc) is 2.58. The second kappa shape index (κ2) is 8.24. The molecular formula is C17H21N3O4. The molecule has 1 aliphatic rings. The van der Waals surface area contributed by atoms with E-state index >= 15 is 0 Å². The van der Waals surface area contributed by atoms with Gasteiger partial charge in [0.05, 0.1) is 12.0 Å². The highest BCUT2D eigenvalue weighted by Gasteiger charge is 2.38. The van der Waals surface area contributed by atoms with Crippen LogP contribution < -0.4 is 0 Å². The molecule has 0 radical (unpaired) electrons. The molecule has 0 bridgehead atoms. The number of carboxylic acids is 1. The first-order valence-corrected chi connectivity index (χ1v) is 7.87. The lowest BCUT2D eigenvalue weighted by molar-refractivity contribution is -0.147. The van der Waals surface area contributed by atoms with E-state index in [-0.39, 0.29) is 11.8 Å². The van der Waals surface area contributed by atoms with Gasteiger partial charge in [0.1, 0.15) is 6.04 Å². The molecule has 128 valence electrons. The number of nitrogens with zero attached hydrogens (tertiary/aromatic N) is 3. The van der Waals surface area contributed by atoms with E-state index in [1.165, 1.54) is 11.1 Å². The van der Waals surface area contributed by atoms with Crippen molar-refractivity contribution in [2.45, 2.75) is 25.3 Å². The van der Waals surface area contributed by atoms with Gasteiger partial charge in [-0.05, 0) is 25.0 Å². The van der Waals surface area contributed by atoms with Gasteiger partial charge < -0.3 is 14.9 Å². The number of aromatic nitrogens is 1. The van der Waals surface area contributed by atoms with Crippen LogP contribution in [0.2, 0.25) is 0 Å². The van der Waals surface area contributed by atoms with Crippen LogP contribution in [0.25, 0.3) is 0 Å². The smallest absolute Gasteiger partial charge is 0.305 e. The third kappa shape index (κ3) is 4.18. The lowest BCUT2D eigenvalue weighted by Gasteiger charge is -2.40. The summed E-state index contributed by atoms with van der Waals surface area (Å²) in [5.41, 5.74) is 0.348. The molecule has 24 heavy (non-hydrogen) atoms. The molecule has 1 aromatic heterocycles. The van der Waals surface area contributed by atoms with Crippen molar-refractivity contribution < 1.29 is 19.5 Å². The van der Waals surface area contributed by atoms with Crippen molar-refractivity contribution in [3.05, 3.63) is 42.7 Å². The molecule has 7 nitrogen and oxygen atoms in total. The second-order valence-electron chi connectivity index (χ2n) is 5.61. The Morgan fingerprint density at radius 1 is 1.42 bits per heavy atom. The Balaban J connectivity index is 2.16. The number of unbranched alkanes of at least 4 members (excludes halogenated alkanes) is 1. The number of hydrogen-bond acceptors (Lipinski definition) is 4. The molecule has 2 amide bonds. The Morgan fingerprint density at radius 2 is 2.21 bits per heavy atom. The molecule has 2 heterocycles. The third-order valence-corrected chi connectivity index (χ3v) is 3.96. The van der Waals surface area contributed by atoms with Crippen LogP contribution in [0, 0.1) is 0 Å². The molecule has 2 rings (SSSR count). The van der Waals surface area contributed by atoms with Gasteiger partial charge in [0.15, 0.2) is 0 Å². The number of allylic oxidation sites excluding steroid dienone is 1. The zero-order chi connectivity index (χ0) is 17.5. The summed E-state index contributed by atoms with van der Waals surface area (Å²) < 4.78 is 0. The van der Waals surface area contributed by atoms with Crippen LogP contribution in [0.3, 0.4) is 0 Å². The van der Waals surface area contributed by atoms with Crippen LogP contribution >= 0.6 is 0 Å². The molecule has 0 spiro atoms. The molecule has 1 atom stereocenters. The predicted molar refractivity (Wildman–Crippen MR) is 87.3 cm³/mol. The van der Waals surface area contributed by atoms with Crippen molar-refractivity contribution in [2.75, 3.05) is 19.6 Å². The summed E-state index contributed by atoms with van der Waals surface area (Å²) in [4.78, 5) is 43.3. The quantitative estimate of drug-likeness (QED) is 0.598. The highest BCUT2D eigenvalue weighted by Crippen LogP contribution is 2.18. The summed E-state index contributed by atoms with van der Waals surface area (Å²) >= 11 is 0. The third-order valence-electron chi connectivity index (χ3n) is 3.96. The summed E-state index contributed by atoms with van der Waals surface area (Å²) in [6, 6.07) is 2.26. The van der Waals surface area contributed by atoms with Crippen LogP contribution in [-0.2, 0) is 9.59 Å². The number of carboxylic acid groups (broad SMARTS) is 1. The summed E-state index contributed by atoms with van der Waals surface area (Å²) in [7, 11) is 0. The van der Waals surface area contributed by atoms with Gasteiger partial charge in [-0.15, -0.1) is 6.58 Å². The number of pyridine rings is 1. The fraction of sp³-hybridized carbons (Fsp3) is 0.412. The fourth-order valence-corrected chi connectivity index (χ4v) is 2.75. The number of aliphatic carboxylic acids is 1. The Labute approximate surface area is 140 Å². The molecule has 1 fully saturated rings. The van der Waals surface area contributed by atoms with Crippen LogP contribution in [0.5, 0.6) is 0 Å². The van der Waals surface area contributed by atoms with Crippen LogP contribution in [0.1, 0.15) is 29.6 Å². The van der Waals surface area contributed by atoms with Gasteiger partial charge in [-0.1, -0.05) is 6.08 Å². The first-order valence-electron chi connectivity index (χ1n) is 7.87. The van der Waals surface area contributed by atoms with Crippen LogP contribution in [0.15, 0.2) is 37.2 Å². The number of carbonyl (C=O) groups excluding carboxylic acids is 2. The molecular weight excluding hydrogens is 310 g/mol. The Kier molecular flexibility index (Phi) is 6.06. The van der Waals surface area contributed by atoms with Gasteiger partial charge in [-0.2, -0.15) is 0 Å². The van der Waals surface area contributed by atoms with E-state index in [9.17, 15) is 14.4 Å². The lowest BCUT2D eigenvalue weighted by atomic mass is 10.1. The van der Waals surface area contributed by atoms with Crippen LogP contribution in [-0.4, -0.2) is 63.4 Å². The number of amides is 2. The average molecular weight is 331 g/mol. The number of carbonyl (C=O) groups is 3. The second-order valence-corrected chi connectivity index (χ2v) is 5.61. The van der Waals surface area contributed by atoms with Crippen molar-refractivity contribution in [3.63, 3.8) is 0 Å². The molecule has 7 heteroatoms.